The van der Waals surface area contributed by atoms with E-state index in [-0.39, 0.29) is 11.7 Å². The van der Waals surface area contributed by atoms with Crippen LogP contribution in [-0.4, -0.2) is 11.7 Å². The van der Waals surface area contributed by atoms with Crippen molar-refractivity contribution in [1.29, 1.82) is 0 Å². The van der Waals surface area contributed by atoms with Crippen molar-refractivity contribution < 1.29 is 9.59 Å². The maximum atomic E-state index is 11.4. The molecule has 1 amide bonds. The molecule has 0 saturated heterocycles. The number of amides is 1. The molecule has 0 heterocycles. The van der Waals surface area contributed by atoms with Gasteiger partial charge in [0.15, 0.2) is 0 Å². The van der Waals surface area contributed by atoms with Gasteiger partial charge in [-0.05, 0) is 11.5 Å². The van der Waals surface area contributed by atoms with Crippen molar-refractivity contribution in [3.05, 3.63) is 35.9 Å². The topological polar surface area (TPSA) is 46.2 Å². The SMILES string of the molecule is CC(C)CC(=O)C(=O)NCc1ccccc1. The lowest BCUT2D eigenvalue weighted by Gasteiger charge is -2.05. The summed E-state index contributed by atoms with van der Waals surface area (Å²) in [7, 11) is 0. The summed E-state index contributed by atoms with van der Waals surface area (Å²) in [4.78, 5) is 22.8. The number of rotatable bonds is 5. The summed E-state index contributed by atoms with van der Waals surface area (Å²) in [5.74, 6) is -0.613. The van der Waals surface area contributed by atoms with Gasteiger partial charge in [0, 0.05) is 13.0 Å². The predicted octanol–water partition coefficient (Wildman–Crippen LogP) is 1.92. The summed E-state index contributed by atoms with van der Waals surface area (Å²) in [5, 5.41) is 2.62. The Morgan fingerprint density at radius 3 is 2.38 bits per heavy atom. The van der Waals surface area contributed by atoms with Gasteiger partial charge in [-0.1, -0.05) is 44.2 Å². The zero-order valence-electron chi connectivity index (χ0n) is 9.69. The third-order valence-corrected chi connectivity index (χ3v) is 2.14. The number of nitrogens with one attached hydrogen (secondary N) is 1. The second-order valence-corrected chi connectivity index (χ2v) is 4.19. The first-order valence-corrected chi connectivity index (χ1v) is 5.44. The minimum absolute atomic E-state index is 0.218. The minimum atomic E-state index is -0.488. The molecule has 1 rings (SSSR count). The lowest BCUT2D eigenvalue weighted by atomic mass is 10.1. The van der Waals surface area contributed by atoms with Crippen LogP contribution in [0.2, 0.25) is 0 Å². The zero-order chi connectivity index (χ0) is 12.0. The van der Waals surface area contributed by atoms with Crippen molar-refractivity contribution in [1.82, 2.24) is 5.32 Å². The molecule has 3 nitrogen and oxygen atoms in total. The van der Waals surface area contributed by atoms with Crippen molar-refractivity contribution in [2.75, 3.05) is 0 Å². The molecular weight excluding hydrogens is 202 g/mol. The van der Waals surface area contributed by atoms with E-state index in [2.05, 4.69) is 5.32 Å². The third-order valence-electron chi connectivity index (χ3n) is 2.14. The predicted molar refractivity (Wildman–Crippen MR) is 62.8 cm³/mol. The smallest absolute Gasteiger partial charge is 0.287 e. The molecule has 0 bridgehead atoms. The average Bonchev–Trinajstić information content (AvgIpc) is 2.26. The Morgan fingerprint density at radius 2 is 1.81 bits per heavy atom. The number of Topliss-reactive ketones (excluding diaryl/α,β-unsaturated/α-hetero) is 1. The van der Waals surface area contributed by atoms with Gasteiger partial charge in [0.05, 0.1) is 0 Å². The van der Waals surface area contributed by atoms with Crippen LogP contribution in [0.4, 0.5) is 0 Å². The van der Waals surface area contributed by atoms with E-state index in [1.165, 1.54) is 0 Å². The third kappa shape index (κ3) is 4.26. The van der Waals surface area contributed by atoms with E-state index in [1.807, 2.05) is 44.2 Å². The van der Waals surface area contributed by atoms with Crippen LogP contribution in [0.25, 0.3) is 0 Å². The van der Waals surface area contributed by atoms with Crippen LogP contribution >= 0.6 is 0 Å². The molecule has 0 aromatic heterocycles. The molecule has 0 aliphatic carbocycles. The zero-order valence-corrected chi connectivity index (χ0v) is 9.69. The molecular formula is C13H17NO2. The molecule has 0 unspecified atom stereocenters. The van der Waals surface area contributed by atoms with Crippen LogP contribution in [0.5, 0.6) is 0 Å². The summed E-state index contributed by atoms with van der Waals surface area (Å²) in [6.45, 7) is 4.24. The fourth-order valence-electron chi connectivity index (χ4n) is 1.34. The van der Waals surface area contributed by atoms with E-state index in [0.29, 0.717) is 13.0 Å². The van der Waals surface area contributed by atoms with E-state index >= 15 is 0 Å². The van der Waals surface area contributed by atoms with Crippen molar-refractivity contribution in [2.24, 2.45) is 5.92 Å². The Hall–Kier alpha value is -1.64. The van der Waals surface area contributed by atoms with Gasteiger partial charge in [-0.15, -0.1) is 0 Å². The maximum Gasteiger partial charge on any atom is 0.287 e. The monoisotopic (exact) mass is 219 g/mol. The first-order chi connectivity index (χ1) is 7.59. The molecule has 0 aliphatic rings. The standard InChI is InChI=1S/C13H17NO2/c1-10(2)8-12(15)13(16)14-9-11-6-4-3-5-7-11/h3-7,10H,8-9H2,1-2H3,(H,14,16). The van der Waals surface area contributed by atoms with Gasteiger partial charge in [0.2, 0.25) is 5.78 Å². The summed E-state index contributed by atoms with van der Waals surface area (Å²) < 4.78 is 0. The Morgan fingerprint density at radius 1 is 1.19 bits per heavy atom. The Bertz CT molecular complexity index is 357. The first-order valence-electron chi connectivity index (χ1n) is 5.44. The molecule has 86 valence electrons. The van der Waals surface area contributed by atoms with Crippen LogP contribution in [-0.2, 0) is 16.1 Å². The van der Waals surface area contributed by atoms with Crippen LogP contribution in [0.15, 0.2) is 30.3 Å². The Balaban J connectivity index is 2.38. The van der Waals surface area contributed by atoms with Gasteiger partial charge in [-0.3, -0.25) is 9.59 Å². The minimum Gasteiger partial charge on any atom is -0.345 e. The van der Waals surface area contributed by atoms with E-state index in [9.17, 15) is 9.59 Å². The fraction of sp³-hybridized carbons (Fsp3) is 0.385. The lowest BCUT2D eigenvalue weighted by Crippen LogP contribution is -2.31. The fourth-order valence-corrected chi connectivity index (χ4v) is 1.34. The molecule has 0 radical (unpaired) electrons. The van der Waals surface area contributed by atoms with Crippen molar-refractivity contribution in [2.45, 2.75) is 26.8 Å². The van der Waals surface area contributed by atoms with Crippen LogP contribution < -0.4 is 5.32 Å². The summed E-state index contributed by atoms with van der Waals surface area (Å²) in [6.07, 6.45) is 0.306. The van der Waals surface area contributed by atoms with Crippen LogP contribution in [0, 0.1) is 5.92 Å². The van der Waals surface area contributed by atoms with Crippen molar-refractivity contribution in [3.63, 3.8) is 0 Å². The molecule has 0 saturated carbocycles. The summed E-state index contributed by atoms with van der Waals surface area (Å²) in [6, 6.07) is 9.53. The van der Waals surface area contributed by atoms with E-state index in [0.717, 1.165) is 5.56 Å². The van der Waals surface area contributed by atoms with Crippen LogP contribution in [0.3, 0.4) is 0 Å². The number of hydrogen-bond donors (Lipinski definition) is 1. The second kappa shape index (κ2) is 6.05. The molecule has 3 heteroatoms. The van der Waals surface area contributed by atoms with E-state index in [4.69, 9.17) is 0 Å². The molecule has 1 aromatic rings. The van der Waals surface area contributed by atoms with Gasteiger partial charge in [0.1, 0.15) is 0 Å². The average molecular weight is 219 g/mol. The lowest BCUT2D eigenvalue weighted by molar-refractivity contribution is -0.138. The first kappa shape index (κ1) is 12.4. The Kier molecular flexibility index (Phi) is 4.70. The molecule has 1 N–H and O–H groups in total. The highest BCUT2D eigenvalue weighted by molar-refractivity contribution is 6.36. The van der Waals surface area contributed by atoms with Gasteiger partial charge in [-0.2, -0.15) is 0 Å². The van der Waals surface area contributed by atoms with Gasteiger partial charge in [0.25, 0.3) is 5.91 Å². The Labute approximate surface area is 95.9 Å². The van der Waals surface area contributed by atoms with E-state index < -0.39 is 5.91 Å². The van der Waals surface area contributed by atoms with Crippen molar-refractivity contribution >= 4 is 11.7 Å². The number of ketones is 1. The van der Waals surface area contributed by atoms with Gasteiger partial charge >= 0.3 is 0 Å². The van der Waals surface area contributed by atoms with Crippen molar-refractivity contribution in [3.8, 4) is 0 Å². The summed E-state index contributed by atoms with van der Waals surface area (Å²) >= 11 is 0. The highest BCUT2D eigenvalue weighted by atomic mass is 16.2. The molecule has 16 heavy (non-hydrogen) atoms. The van der Waals surface area contributed by atoms with Crippen LogP contribution in [0.1, 0.15) is 25.8 Å². The second-order valence-electron chi connectivity index (χ2n) is 4.19. The normalized spacial score (nSPS) is 10.2. The number of hydrogen-bond acceptors (Lipinski definition) is 2. The van der Waals surface area contributed by atoms with E-state index in [1.54, 1.807) is 0 Å². The number of carbonyl (C=O) groups excluding carboxylic acids is 2. The highest BCUT2D eigenvalue weighted by Crippen LogP contribution is 2.01. The molecule has 0 spiro atoms. The molecule has 0 aliphatic heterocycles. The molecule has 0 fully saturated rings. The quantitative estimate of drug-likeness (QED) is 0.769. The number of benzene rings is 1. The molecule has 1 aromatic carbocycles. The number of carbonyl (C=O) groups is 2. The largest absolute Gasteiger partial charge is 0.345 e. The van der Waals surface area contributed by atoms with Gasteiger partial charge < -0.3 is 5.32 Å². The highest BCUT2D eigenvalue weighted by Gasteiger charge is 2.14. The maximum absolute atomic E-state index is 11.4. The van der Waals surface area contributed by atoms with Gasteiger partial charge in [-0.25, -0.2) is 0 Å². The molecule has 0 atom stereocenters. The summed E-state index contributed by atoms with van der Waals surface area (Å²) in [5.41, 5.74) is 0.994.